The van der Waals surface area contributed by atoms with Crippen LogP contribution in [0.5, 0.6) is 0 Å². The van der Waals surface area contributed by atoms with Gasteiger partial charge in [0.2, 0.25) is 5.91 Å². The Morgan fingerprint density at radius 1 is 1.38 bits per heavy atom. The predicted octanol–water partition coefficient (Wildman–Crippen LogP) is 0.100. The Labute approximate surface area is 122 Å². The summed E-state index contributed by atoms with van der Waals surface area (Å²) in [6, 6.07) is 5.47. The van der Waals surface area contributed by atoms with E-state index in [-0.39, 0.29) is 29.4 Å². The van der Waals surface area contributed by atoms with Crippen LogP contribution in [0.3, 0.4) is 0 Å². The zero-order valence-electron chi connectivity index (χ0n) is 11.2. The normalized spacial score (nSPS) is 20.7. The predicted molar refractivity (Wildman–Crippen MR) is 77.1 cm³/mol. The SMILES string of the molecule is O=C(CC1CS(=O)(=O)CCN1)Nc1cccc(C(=O)O)c1. The second kappa shape index (κ2) is 6.23. The number of carboxylic acid groups (broad SMARTS) is 1. The van der Waals surface area contributed by atoms with Crippen LogP contribution in [-0.4, -0.2) is 49.5 Å². The van der Waals surface area contributed by atoms with Gasteiger partial charge in [0.05, 0.1) is 17.1 Å². The maximum absolute atomic E-state index is 11.9. The lowest BCUT2D eigenvalue weighted by atomic mass is 10.2. The van der Waals surface area contributed by atoms with Crippen LogP contribution in [0.15, 0.2) is 24.3 Å². The summed E-state index contributed by atoms with van der Waals surface area (Å²) < 4.78 is 23.0. The first-order valence-electron chi connectivity index (χ1n) is 6.43. The van der Waals surface area contributed by atoms with Crippen molar-refractivity contribution in [1.29, 1.82) is 0 Å². The second-order valence-corrected chi connectivity index (χ2v) is 7.13. The first-order valence-corrected chi connectivity index (χ1v) is 8.25. The van der Waals surface area contributed by atoms with Gasteiger partial charge in [-0.1, -0.05) is 6.07 Å². The number of benzene rings is 1. The third-order valence-corrected chi connectivity index (χ3v) is 4.86. The number of sulfone groups is 1. The van der Waals surface area contributed by atoms with Crippen LogP contribution in [0.4, 0.5) is 5.69 Å². The average Bonchev–Trinajstić information content (AvgIpc) is 2.37. The van der Waals surface area contributed by atoms with Crippen molar-refractivity contribution in [3.05, 3.63) is 29.8 Å². The molecule has 1 amide bonds. The molecule has 1 aliphatic rings. The van der Waals surface area contributed by atoms with Crippen LogP contribution in [0.1, 0.15) is 16.8 Å². The average molecular weight is 312 g/mol. The monoisotopic (exact) mass is 312 g/mol. The maximum Gasteiger partial charge on any atom is 0.335 e. The summed E-state index contributed by atoms with van der Waals surface area (Å²) >= 11 is 0. The third-order valence-electron chi connectivity index (χ3n) is 3.13. The fourth-order valence-electron chi connectivity index (χ4n) is 2.16. The van der Waals surface area contributed by atoms with Crippen molar-refractivity contribution in [2.45, 2.75) is 12.5 Å². The summed E-state index contributed by atoms with van der Waals surface area (Å²) in [7, 11) is -3.09. The lowest BCUT2D eigenvalue weighted by Crippen LogP contribution is -2.46. The van der Waals surface area contributed by atoms with E-state index < -0.39 is 21.8 Å². The van der Waals surface area contributed by atoms with Crippen LogP contribution in [0.25, 0.3) is 0 Å². The van der Waals surface area contributed by atoms with Crippen molar-refractivity contribution in [3.8, 4) is 0 Å². The van der Waals surface area contributed by atoms with E-state index >= 15 is 0 Å². The smallest absolute Gasteiger partial charge is 0.335 e. The van der Waals surface area contributed by atoms with E-state index in [1.807, 2.05) is 0 Å². The van der Waals surface area contributed by atoms with E-state index in [4.69, 9.17) is 5.11 Å². The molecule has 0 saturated carbocycles. The molecule has 7 nitrogen and oxygen atoms in total. The second-order valence-electron chi connectivity index (χ2n) is 4.90. The lowest BCUT2D eigenvalue weighted by molar-refractivity contribution is -0.116. The molecule has 0 aromatic heterocycles. The molecule has 1 heterocycles. The van der Waals surface area contributed by atoms with Crippen LogP contribution in [0.2, 0.25) is 0 Å². The maximum atomic E-state index is 11.9. The van der Waals surface area contributed by atoms with Gasteiger partial charge in [-0.2, -0.15) is 0 Å². The number of rotatable bonds is 4. The van der Waals surface area contributed by atoms with Crippen LogP contribution < -0.4 is 10.6 Å². The van der Waals surface area contributed by atoms with Crippen LogP contribution in [-0.2, 0) is 14.6 Å². The quantitative estimate of drug-likeness (QED) is 0.727. The number of hydrogen-bond acceptors (Lipinski definition) is 5. The molecule has 1 aliphatic heterocycles. The molecule has 1 unspecified atom stereocenters. The first-order chi connectivity index (χ1) is 9.85. The minimum atomic E-state index is -3.09. The summed E-state index contributed by atoms with van der Waals surface area (Å²) in [6.07, 6.45) is 0.0243. The van der Waals surface area contributed by atoms with Crippen molar-refractivity contribution < 1.29 is 23.1 Å². The van der Waals surface area contributed by atoms with Crippen molar-refractivity contribution in [1.82, 2.24) is 5.32 Å². The van der Waals surface area contributed by atoms with Gasteiger partial charge in [-0.05, 0) is 18.2 Å². The molecule has 0 spiro atoms. The number of carbonyl (C=O) groups excluding carboxylic acids is 1. The largest absolute Gasteiger partial charge is 0.478 e. The van der Waals surface area contributed by atoms with Crippen molar-refractivity contribution >= 4 is 27.4 Å². The number of aromatic carboxylic acids is 1. The van der Waals surface area contributed by atoms with Gasteiger partial charge >= 0.3 is 5.97 Å². The molecule has 3 N–H and O–H groups in total. The van der Waals surface area contributed by atoms with E-state index in [0.29, 0.717) is 12.2 Å². The molecular weight excluding hydrogens is 296 g/mol. The van der Waals surface area contributed by atoms with Crippen LogP contribution >= 0.6 is 0 Å². The summed E-state index contributed by atoms with van der Waals surface area (Å²) in [5.74, 6) is -1.40. The van der Waals surface area contributed by atoms with E-state index in [9.17, 15) is 18.0 Å². The highest BCUT2D eigenvalue weighted by atomic mass is 32.2. The molecular formula is C13H16N2O5S. The third kappa shape index (κ3) is 4.54. The van der Waals surface area contributed by atoms with E-state index in [0.717, 1.165) is 0 Å². The molecule has 0 aliphatic carbocycles. The first kappa shape index (κ1) is 15.5. The van der Waals surface area contributed by atoms with Gasteiger partial charge in [0, 0.05) is 24.7 Å². The van der Waals surface area contributed by atoms with Gasteiger partial charge in [0.25, 0.3) is 0 Å². The molecule has 1 atom stereocenters. The number of carbonyl (C=O) groups is 2. The number of carboxylic acids is 1. The zero-order chi connectivity index (χ0) is 15.5. The van der Waals surface area contributed by atoms with Gasteiger partial charge in [0.1, 0.15) is 0 Å². The molecule has 0 radical (unpaired) electrons. The summed E-state index contributed by atoms with van der Waals surface area (Å²) in [5, 5.41) is 14.4. The molecule has 1 saturated heterocycles. The Bertz CT molecular complexity index is 656. The highest BCUT2D eigenvalue weighted by molar-refractivity contribution is 7.91. The van der Waals surface area contributed by atoms with E-state index in [2.05, 4.69) is 10.6 Å². The molecule has 21 heavy (non-hydrogen) atoms. The van der Waals surface area contributed by atoms with E-state index in [1.54, 1.807) is 6.07 Å². The molecule has 2 rings (SSSR count). The molecule has 8 heteroatoms. The van der Waals surface area contributed by atoms with Gasteiger partial charge < -0.3 is 15.7 Å². The molecule has 1 fully saturated rings. The Kier molecular flexibility index (Phi) is 4.59. The Hall–Kier alpha value is -1.93. The molecule has 1 aromatic rings. The number of anilines is 1. The summed E-state index contributed by atoms with van der Waals surface area (Å²) in [6.45, 7) is 0.342. The lowest BCUT2D eigenvalue weighted by Gasteiger charge is -2.23. The molecule has 114 valence electrons. The standard InChI is InChI=1S/C13H16N2O5S/c16-12(7-11-8-21(19,20)5-4-14-11)15-10-3-1-2-9(6-10)13(17)18/h1-3,6,11,14H,4-5,7-8H2,(H,15,16)(H,17,18). The Morgan fingerprint density at radius 3 is 2.81 bits per heavy atom. The Balaban J connectivity index is 1.95. The van der Waals surface area contributed by atoms with Crippen LogP contribution in [0, 0.1) is 0 Å². The van der Waals surface area contributed by atoms with E-state index in [1.165, 1.54) is 18.2 Å². The minimum absolute atomic E-state index is 0.0243. The van der Waals surface area contributed by atoms with Gasteiger partial charge in [0.15, 0.2) is 9.84 Å². The molecule has 1 aromatic carbocycles. The minimum Gasteiger partial charge on any atom is -0.478 e. The zero-order valence-corrected chi connectivity index (χ0v) is 12.0. The highest BCUT2D eigenvalue weighted by Gasteiger charge is 2.25. The van der Waals surface area contributed by atoms with Gasteiger partial charge in [-0.3, -0.25) is 4.79 Å². The highest BCUT2D eigenvalue weighted by Crippen LogP contribution is 2.12. The fraction of sp³-hybridized carbons (Fsp3) is 0.385. The number of hydrogen-bond donors (Lipinski definition) is 3. The summed E-state index contributed by atoms with van der Waals surface area (Å²) in [5.41, 5.74) is 0.449. The Morgan fingerprint density at radius 2 is 2.14 bits per heavy atom. The number of amides is 1. The van der Waals surface area contributed by atoms with Gasteiger partial charge in [-0.25, -0.2) is 13.2 Å². The summed E-state index contributed by atoms with van der Waals surface area (Å²) in [4.78, 5) is 22.7. The topological polar surface area (TPSA) is 113 Å². The van der Waals surface area contributed by atoms with Crippen molar-refractivity contribution in [2.24, 2.45) is 0 Å². The van der Waals surface area contributed by atoms with Crippen molar-refractivity contribution in [2.75, 3.05) is 23.4 Å². The number of nitrogens with one attached hydrogen (secondary N) is 2. The van der Waals surface area contributed by atoms with Crippen molar-refractivity contribution in [3.63, 3.8) is 0 Å². The fourth-order valence-corrected chi connectivity index (χ4v) is 3.61. The van der Waals surface area contributed by atoms with Gasteiger partial charge in [-0.15, -0.1) is 0 Å². The molecule has 0 bridgehead atoms.